The second-order valence-electron chi connectivity index (χ2n) is 5.81. The molecule has 4 aromatic carbocycles. The molecule has 0 aliphatic carbocycles. The smallest absolute Gasteiger partial charge is 0.126 e. The highest BCUT2D eigenvalue weighted by Crippen LogP contribution is 2.37. The van der Waals surface area contributed by atoms with Crippen LogP contribution < -0.4 is 4.74 Å². The van der Waals surface area contributed by atoms with Gasteiger partial charge >= 0.3 is 0 Å². The molecule has 0 aliphatic heterocycles. The van der Waals surface area contributed by atoms with E-state index in [1.165, 1.54) is 27.5 Å². The van der Waals surface area contributed by atoms with Crippen LogP contribution in [0.2, 0.25) is 0 Å². The first-order chi connectivity index (χ1) is 11.9. The van der Waals surface area contributed by atoms with Gasteiger partial charge in [0.25, 0.3) is 0 Å². The maximum absolute atomic E-state index is 5.56. The maximum Gasteiger partial charge on any atom is 0.126 e. The minimum absolute atomic E-state index is 0.895. The van der Waals surface area contributed by atoms with E-state index in [9.17, 15) is 0 Å². The molecule has 0 aromatic heterocycles. The third kappa shape index (κ3) is 2.55. The lowest BCUT2D eigenvalue weighted by molar-refractivity contribution is 0.416. The van der Waals surface area contributed by atoms with Crippen molar-refractivity contribution < 1.29 is 4.74 Å². The molecule has 0 saturated carbocycles. The average molecular weight is 310 g/mol. The molecule has 0 saturated heterocycles. The number of methoxy groups -OCH3 is 1. The highest BCUT2D eigenvalue weighted by atomic mass is 16.5. The fourth-order valence-electron chi connectivity index (χ4n) is 3.21. The molecule has 1 heteroatoms. The molecule has 0 N–H and O–H groups in total. The lowest BCUT2D eigenvalue weighted by Gasteiger charge is -2.13. The van der Waals surface area contributed by atoms with Crippen LogP contribution in [0.1, 0.15) is 0 Å². The monoisotopic (exact) mass is 310 g/mol. The zero-order valence-corrected chi connectivity index (χ0v) is 13.6. The zero-order valence-electron chi connectivity index (χ0n) is 13.6. The second kappa shape index (κ2) is 6.21. The molecule has 4 aromatic rings. The van der Waals surface area contributed by atoms with Crippen LogP contribution in [-0.2, 0) is 0 Å². The second-order valence-corrected chi connectivity index (χ2v) is 5.81. The van der Waals surface area contributed by atoms with E-state index in [0.717, 1.165) is 11.3 Å². The van der Waals surface area contributed by atoms with Gasteiger partial charge in [0.15, 0.2) is 0 Å². The molecule has 0 heterocycles. The topological polar surface area (TPSA) is 9.23 Å². The highest BCUT2D eigenvalue weighted by Gasteiger charge is 2.10. The Morgan fingerprint density at radius 1 is 0.583 bits per heavy atom. The minimum atomic E-state index is 0.895. The molecule has 24 heavy (non-hydrogen) atoms. The molecule has 1 nitrogen and oxygen atoms in total. The van der Waals surface area contributed by atoms with Crippen molar-refractivity contribution >= 4 is 10.8 Å². The molecule has 0 bridgehead atoms. The molecule has 0 amide bonds. The lowest BCUT2D eigenvalue weighted by Crippen LogP contribution is -1.89. The minimum Gasteiger partial charge on any atom is -0.496 e. The summed E-state index contributed by atoms with van der Waals surface area (Å²) in [5, 5.41) is 2.50. The Morgan fingerprint density at radius 2 is 1.29 bits per heavy atom. The zero-order chi connectivity index (χ0) is 16.4. The first-order valence-electron chi connectivity index (χ1n) is 8.08. The summed E-state index contributed by atoms with van der Waals surface area (Å²) in [5.41, 5.74) is 4.76. The molecule has 0 aliphatic rings. The van der Waals surface area contributed by atoms with E-state index < -0.39 is 0 Å². The Morgan fingerprint density at radius 3 is 2.12 bits per heavy atom. The summed E-state index contributed by atoms with van der Waals surface area (Å²) in [6, 6.07) is 31.7. The van der Waals surface area contributed by atoms with Crippen molar-refractivity contribution in [3.05, 3.63) is 91.0 Å². The van der Waals surface area contributed by atoms with Crippen LogP contribution in [0.4, 0.5) is 0 Å². The van der Waals surface area contributed by atoms with Crippen LogP contribution in [0.5, 0.6) is 5.75 Å². The Kier molecular flexibility index (Phi) is 3.76. The van der Waals surface area contributed by atoms with Gasteiger partial charge in [-0.2, -0.15) is 0 Å². The largest absolute Gasteiger partial charge is 0.496 e. The van der Waals surface area contributed by atoms with Gasteiger partial charge in [-0.15, -0.1) is 0 Å². The molecule has 0 atom stereocenters. The van der Waals surface area contributed by atoms with E-state index in [2.05, 4.69) is 78.9 Å². The van der Waals surface area contributed by atoms with Crippen LogP contribution in [0.25, 0.3) is 33.0 Å². The van der Waals surface area contributed by atoms with Crippen molar-refractivity contribution in [3.63, 3.8) is 0 Å². The van der Waals surface area contributed by atoms with Gasteiger partial charge in [0, 0.05) is 5.56 Å². The van der Waals surface area contributed by atoms with Gasteiger partial charge in [-0.1, -0.05) is 72.8 Å². The summed E-state index contributed by atoms with van der Waals surface area (Å²) in [4.78, 5) is 0. The summed E-state index contributed by atoms with van der Waals surface area (Å²) in [6.45, 7) is 0. The van der Waals surface area contributed by atoms with Crippen molar-refractivity contribution in [3.8, 4) is 28.0 Å². The van der Waals surface area contributed by atoms with Gasteiger partial charge in [0.05, 0.1) is 7.11 Å². The van der Waals surface area contributed by atoms with Crippen molar-refractivity contribution in [2.24, 2.45) is 0 Å². The normalized spacial score (nSPS) is 10.7. The molecule has 0 unspecified atom stereocenters. The van der Waals surface area contributed by atoms with E-state index in [-0.39, 0.29) is 0 Å². The number of rotatable bonds is 3. The van der Waals surface area contributed by atoms with Crippen LogP contribution in [0.3, 0.4) is 0 Å². The SMILES string of the molecule is COc1ccccc1-c1cc(-c2ccccc2)c2ccccc2c1. The number of para-hydroxylation sites is 1. The third-order valence-corrected chi connectivity index (χ3v) is 4.36. The quantitative estimate of drug-likeness (QED) is 0.439. The molecular formula is C23H18O. The van der Waals surface area contributed by atoms with Crippen LogP contribution in [0, 0.1) is 0 Å². The fraction of sp³-hybridized carbons (Fsp3) is 0.0435. The van der Waals surface area contributed by atoms with E-state index in [1.807, 2.05) is 12.1 Å². The van der Waals surface area contributed by atoms with Crippen molar-refractivity contribution in [2.75, 3.05) is 7.11 Å². The van der Waals surface area contributed by atoms with Crippen molar-refractivity contribution in [1.29, 1.82) is 0 Å². The first-order valence-corrected chi connectivity index (χ1v) is 8.08. The standard InChI is InChI=1S/C23H18O/c1-24-23-14-8-7-13-21(23)19-15-18-11-5-6-12-20(18)22(16-19)17-9-3-2-4-10-17/h2-16H,1H3. The van der Waals surface area contributed by atoms with E-state index in [0.29, 0.717) is 0 Å². The summed E-state index contributed by atoms with van der Waals surface area (Å²) in [6.07, 6.45) is 0. The van der Waals surface area contributed by atoms with E-state index >= 15 is 0 Å². The fourth-order valence-corrected chi connectivity index (χ4v) is 3.21. The lowest BCUT2D eigenvalue weighted by atomic mass is 9.93. The molecule has 0 fully saturated rings. The Hall–Kier alpha value is -3.06. The van der Waals surface area contributed by atoms with Gasteiger partial charge in [-0.05, 0) is 45.7 Å². The Labute approximate surface area is 142 Å². The van der Waals surface area contributed by atoms with Gasteiger partial charge < -0.3 is 4.74 Å². The van der Waals surface area contributed by atoms with Crippen LogP contribution in [-0.4, -0.2) is 7.11 Å². The molecular weight excluding hydrogens is 292 g/mol. The van der Waals surface area contributed by atoms with Crippen molar-refractivity contribution in [1.82, 2.24) is 0 Å². The van der Waals surface area contributed by atoms with Gasteiger partial charge in [0.2, 0.25) is 0 Å². The molecule has 4 rings (SSSR count). The number of hydrogen-bond acceptors (Lipinski definition) is 1. The summed E-state index contributed by atoms with van der Waals surface area (Å²) in [7, 11) is 1.72. The van der Waals surface area contributed by atoms with Crippen LogP contribution >= 0.6 is 0 Å². The van der Waals surface area contributed by atoms with Crippen molar-refractivity contribution in [2.45, 2.75) is 0 Å². The predicted molar refractivity (Wildman–Crippen MR) is 101 cm³/mol. The summed E-state index contributed by atoms with van der Waals surface area (Å²) < 4.78 is 5.56. The van der Waals surface area contributed by atoms with E-state index in [4.69, 9.17) is 4.74 Å². The highest BCUT2D eigenvalue weighted by molar-refractivity contribution is 6.00. The maximum atomic E-state index is 5.56. The van der Waals surface area contributed by atoms with Gasteiger partial charge in [0.1, 0.15) is 5.75 Å². The molecule has 116 valence electrons. The summed E-state index contributed by atoms with van der Waals surface area (Å²) in [5.74, 6) is 0.895. The Balaban J connectivity index is 2.02. The van der Waals surface area contributed by atoms with Gasteiger partial charge in [-0.25, -0.2) is 0 Å². The summed E-state index contributed by atoms with van der Waals surface area (Å²) >= 11 is 0. The van der Waals surface area contributed by atoms with Gasteiger partial charge in [-0.3, -0.25) is 0 Å². The number of ether oxygens (including phenoxy) is 1. The average Bonchev–Trinajstić information content (AvgIpc) is 2.67. The Bertz CT molecular complexity index is 987. The predicted octanol–water partition coefficient (Wildman–Crippen LogP) is 6.18. The number of fused-ring (bicyclic) bond motifs is 1. The number of benzene rings is 4. The number of hydrogen-bond donors (Lipinski definition) is 0. The molecule has 0 radical (unpaired) electrons. The van der Waals surface area contributed by atoms with E-state index in [1.54, 1.807) is 7.11 Å². The first kappa shape index (κ1) is 14.5. The molecule has 0 spiro atoms. The van der Waals surface area contributed by atoms with Crippen LogP contribution in [0.15, 0.2) is 91.0 Å². The third-order valence-electron chi connectivity index (χ3n) is 4.36.